The molecule has 5 nitrogen and oxygen atoms in total. The van der Waals surface area contributed by atoms with Gasteiger partial charge in [-0.1, -0.05) is 25.4 Å². The lowest BCUT2D eigenvalue weighted by atomic mass is 9.84. The Hall–Kier alpha value is -1.62. The number of halogens is 1. The molecule has 114 valence electrons. The summed E-state index contributed by atoms with van der Waals surface area (Å²) in [5.74, 6) is -1.01. The molecule has 6 heteroatoms. The average Bonchev–Trinajstić information content (AvgIpc) is 2.91. The molecule has 21 heavy (non-hydrogen) atoms. The molecule has 0 bridgehead atoms. The zero-order chi connectivity index (χ0) is 15.6. The first-order chi connectivity index (χ1) is 9.91. The van der Waals surface area contributed by atoms with Gasteiger partial charge in [-0.25, -0.2) is 4.98 Å². The summed E-state index contributed by atoms with van der Waals surface area (Å²) in [6.45, 7) is 4.50. The van der Waals surface area contributed by atoms with Crippen molar-refractivity contribution in [2.24, 2.45) is 5.41 Å². The number of aromatic nitrogens is 1. The first-order valence-corrected chi connectivity index (χ1v) is 7.49. The Morgan fingerprint density at radius 1 is 1.43 bits per heavy atom. The van der Waals surface area contributed by atoms with Crippen molar-refractivity contribution in [1.82, 2.24) is 9.88 Å². The zero-order valence-electron chi connectivity index (χ0n) is 12.2. The van der Waals surface area contributed by atoms with E-state index in [1.165, 1.54) is 6.07 Å². The average molecular weight is 311 g/mol. The summed E-state index contributed by atoms with van der Waals surface area (Å²) in [4.78, 5) is 29.7. The van der Waals surface area contributed by atoms with Gasteiger partial charge in [-0.3, -0.25) is 9.59 Å². The molecule has 1 N–H and O–H groups in total. The summed E-state index contributed by atoms with van der Waals surface area (Å²) in [7, 11) is 0. The van der Waals surface area contributed by atoms with Crippen LogP contribution in [0.5, 0.6) is 0 Å². The number of amides is 1. The summed E-state index contributed by atoms with van der Waals surface area (Å²) in [5, 5.41) is 9.68. The van der Waals surface area contributed by atoms with Crippen LogP contribution in [-0.4, -0.2) is 40.0 Å². The minimum Gasteiger partial charge on any atom is -0.481 e. The second kappa shape index (κ2) is 6.02. The van der Waals surface area contributed by atoms with Gasteiger partial charge >= 0.3 is 5.97 Å². The van der Waals surface area contributed by atoms with Crippen LogP contribution in [-0.2, 0) is 11.2 Å². The third kappa shape index (κ3) is 3.02. The Morgan fingerprint density at radius 2 is 2.14 bits per heavy atom. The van der Waals surface area contributed by atoms with Crippen LogP contribution in [0.15, 0.2) is 12.1 Å². The van der Waals surface area contributed by atoms with Crippen LogP contribution in [0, 0.1) is 5.41 Å². The number of aryl methyl sites for hydroxylation is 1. The van der Waals surface area contributed by atoms with Crippen molar-refractivity contribution in [3.05, 3.63) is 28.5 Å². The highest BCUT2D eigenvalue weighted by atomic mass is 35.5. The quantitative estimate of drug-likeness (QED) is 0.868. The second-order valence-corrected chi connectivity index (χ2v) is 5.83. The minimum absolute atomic E-state index is 0.175. The Kier molecular flexibility index (Phi) is 4.52. The van der Waals surface area contributed by atoms with E-state index in [2.05, 4.69) is 4.98 Å². The van der Waals surface area contributed by atoms with Gasteiger partial charge in [-0.15, -0.1) is 0 Å². The standard InChI is InChI=1S/C15H19ClN2O3/c1-3-11-7-10(8-12(16)17-11)13(19)18-6-5-15(4-2,9-18)14(20)21/h7-8H,3-6,9H2,1-2H3,(H,20,21). The lowest BCUT2D eigenvalue weighted by molar-refractivity contribution is -0.148. The van der Waals surface area contributed by atoms with Crippen molar-refractivity contribution >= 4 is 23.5 Å². The summed E-state index contributed by atoms with van der Waals surface area (Å²) < 4.78 is 0. The largest absolute Gasteiger partial charge is 0.481 e. The maximum absolute atomic E-state index is 12.5. The molecule has 0 saturated carbocycles. The van der Waals surface area contributed by atoms with Gasteiger partial charge in [0.25, 0.3) is 5.91 Å². The van der Waals surface area contributed by atoms with E-state index >= 15 is 0 Å². The fourth-order valence-corrected chi connectivity index (χ4v) is 2.92. The molecule has 0 aromatic carbocycles. The van der Waals surface area contributed by atoms with Crippen molar-refractivity contribution in [2.75, 3.05) is 13.1 Å². The first kappa shape index (κ1) is 15.8. The number of nitrogens with zero attached hydrogens (tertiary/aromatic N) is 2. The van der Waals surface area contributed by atoms with Gasteiger partial charge in [0.1, 0.15) is 5.15 Å². The fourth-order valence-electron chi connectivity index (χ4n) is 2.70. The third-order valence-electron chi connectivity index (χ3n) is 4.23. The van der Waals surface area contributed by atoms with E-state index in [0.717, 1.165) is 5.69 Å². The van der Waals surface area contributed by atoms with Gasteiger partial charge in [-0.05, 0) is 31.4 Å². The molecule has 1 saturated heterocycles. The predicted molar refractivity (Wildman–Crippen MR) is 79.5 cm³/mol. The van der Waals surface area contributed by atoms with E-state index in [1.54, 1.807) is 11.0 Å². The highest BCUT2D eigenvalue weighted by Crippen LogP contribution is 2.35. The normalized spacial score (nSPS) is 21.6. The molecule has 1 aliphatic rings. The molecule has 1 fully saturated rings. The van der Waals surface area contributed by atoms with E-state index in [1.807, 2.05) is 13.8 Å². The molecule has 2 heterocycles. The van der Waals surface area contributed by atoms with Crippen molar-refractivity contribution < 1.29 is 14.7 Å². The van der Waals surface area contributed by atoms with Gasteiger partial charge in [0, 0.05) is 24.3 Å². The maximum atomic E-state index is 12.5. The van der Waals surface area contributed by atoms with Gasteiger partial charge in [-0.2, -0.15) is 0 Å². The number of aliphatic carboxylic acids is 1. The van der Waals surface area contributed by atoms with Crippen molar-refractivity contribution in [1.29, 1.82) is 0 Å². The maximum Gasteiger partial charge on any atom is 0.311 e. The van der Waals surface area contributed by atoms with Crippen LogP contribution in [0.3, 0.4) is 0 Å². The summed E-state index contributed by atoms with van der Waals surface area (Å²) >= 11 is 5.94. The Labute approximate surface area is 128 Å². The van der Waals surface area contributed by atoms with Crippen molar-refractivity contribution in [2.45, 2.75) is 33.1 Å². The molecule has 1 atom stereocenters. The molecule has 1 aromatic heterocycles. The number of carboxylic acid groups (broad SMARTS) is 1. The Balaban J connectivity index is 2.22. The molecule has 1 aromatic rings. The highest BCUT2D eigenvalue weighted by Gasteiger charge is 2.44. The third-order valence-corrected chi connectivity index (χ3v) is 4.42. The van der Waals surface area contributed by atoms with Gasteiger partial charge < -0.3 is 10.0 Å². The highest BCUT2D eigenvalue weighted by molar-refractivity contribution is 6.29. The van der Waals surface area contributed by atoms with Gasteiger partial charge in [0.2, 0.25) is 0 Å². The minimum atomic E-state index is -0.831. The monoisotopic (exact) mass is 310 g/mol. The molecule has 1 aliphatic heterocycles. The number of pyridine rings is 1. The van der Waals surface area contributed by atoms with Crippen LogP contribution in [0.1, 0.15) is 42.7 Å². The van der Waals surface area contributed by atoms with Gasteiger partial charge in [0.15, 0.2) is 0 Å². The van der Waals surface area contributed by atoms with Crippen molar-refractivity contribution in [3.63, 3.8) is 0 Å². The lowest BCUT2D eigenvalue weighted by Crippen LogP contribution is -2.36. The number of carbonyl (C=O) groups excluding carboxylic acids is 1. The number of hydrogen-bond donors (Lipinski definition) is 1. The van der Waals surface area contributed by atoms with Crippen LogP contribution in [0.2, 0.25) is 5.15 Å². The molecule has 1 unspecified atom stereocenters. The Morgan fingerprint density at radius 3 is 2.67 bits per heavy atom. The van der Waals surface area contributed by atoms with Crippen LogP contribution < -0.4 is 0 Å². The first-order valence-electron chi connectivity index (χ1n) is 7.11. The van der Waals surface area contributed by atoms with E-state index < -0.39 is 11.4 Å². The molecule has 0 radical (unpaired) electrons. The predicted octanol–water partition coefficient (Wildman–Crippen LogP) is 2.62. The molecular weight excluding hydrogens is 292 g/mol. The fraction of sp³-hybridized carbons (Fsp3) is 0.533. The van der Waals surface area contributed by atoms with Gasteiger partial charge in [0.05, 0.1) is 5.41 Å². The second-order valence-electron chi connectivity index (χ2n) is 5.44. The molecule has 2 rings (SSSR count). The van der Waals surface area contributed by atoms with E-state index in [-0.39, 0.29) is 17.6 Å². The zero-order valence-corrected chi connectivity index (χ0v) is 13.0. The lowest BCUT2D eigenvalue weighted by Gasteiger charge is -2.23. The van der Waals surface area contributed by atoms with Crippen molar-refractivity contribution in [3.8, 4) is 0 Å². The topological polar surface area (TPSA) is 70.5 Å². The van der Waals surface area contributed by atoms with Crippen LogP contribution >= 0.6 is 11.6 Å². The molecular formula is C15H19ClN2O3. The number of rotatable bonds is 4. The SMILES string of the molecule is CCc1cc(C(=O)N2CCC(CC)(C(=O)O)C2)cc(Cl)n1. The molecule has 1 amide bonds. The van der Waals surface area contributed by atoms with E-state index in [9.17, 15) is 14.7 Å². The van der Waals surface area contributed by atoms with Crippen LogP contribution in [0.25, 0.3) is 0 Å². The smallest absolute Gasteiger partial charge is 0.311 e. The summed E-state index contributed by atoms with van der Waals surface area (Å²) in [6, 6.07) is 3.26. The molecule has 0 aliphatic carbocycles. The molecule has 0 spiro atoms. The number of carbonyl (C=O) groups is 2. The number of carboxylic acids is 1. The Bertz CT molecular complexity index is 576. The number of hydrogen-bond acceptors (Lipinski definition) is 3. The van der Waals surface area contributed by atoms with E-state index in [0.29, 0.717) is 31.4 Å². The summed E-state index contributed by atoms with van der Waals surface area (Å²) in [5.41, 5.74) is 0.411. The van der Waals surface area contributed by atoms with E-state index in [4.69, 9.17) is 11.6 Å². The number of likely N-dealkylation sites (tertiary alicyclic amines) is 1. The van der Waals surface area contributed by atoms with Crippen LogP contribution in [0.4, 0.5) is 0 Å². The summed E-state index contributed by atoms with van der Waals surface area (Å²) in [6.07, 6.45) is 1.70.